The Morgan fingerprint density at radius 1 is 1.70 bits per heavy atom. The van der Waals surface area contributed by atoms with Crippen molar-refractivity contribution in [2.45, 2.75) is 12.8 Å². The number of aliphatic imine (C=N–C) groups is 1. The Bertz CT molecular complexity index is 179. The molecule has 0 heterocycles. The molecular weight excluding hydrogens is 134 g/mol. The molecule has 4 nitrogen and oxygen atoms in total. The van der Waals surface area contributed by atoms with E-state index in [1.807, 2.05) is 0 Å². The first-order chi connectivity index (χ1) is 4.83. The molecule has 1 rings (SSSR count). The molecule has 0 aromatic heterocycles. The Morgan fingerprint density at radius 2 is 2.40 bits per heavy atom. The van der Waals surface area contributed by atoms with Gasteiger partial charge in [-0.3, -0.25) is 0 Å². The Balaban J connectivity index is 2.10. The molecule has 0 bridgehead atoms. The van der Waals surface area contributed by atoms with Crippen molar-refractivity contribution in [2.75, 3.05) is 6.61 Å². The number of nitrogens with zero attached hydrogens (tertiary/aromatic N) is 1. The highest BCUT2D eigenvalue weighted by Crippen LogP contribution is 2.28. The van der Waals surface area contributed by atoms with Gasteiger partial charge in [-0.25, -0.2) is 9.59 Å². The van der Waals surface area contributed by atoms with Crippen molar-refractivity contribution >= 4 is 12.2 Å². The molecule has 0 N–H and O–H groups in total. The molecule has 0 aromatic rings. The molecule has 1 amide bonds. The third-order valence-corrected chi connectivity index (χ3v) is 1.28. The Hall–Kier alpha value is -1.15. The molecule has 0 unspecified atom stereocenters. The largest absolute Gasteiger partial charge is 0.447 e. The molecule has 0 aromatic carbocycles. The van der Waals surface area contributed by atoms with Crippen LogP contribution in [0, 0.1) is 5.92 Å². The lowest BCUT2D eigenvalue weighted by Crippen LogP contribution is -2.01. The molecule has 0 saturated heterocycles. The van der Waals surface area contributed by atoms with Crippen molar-refractivity contribution in [1.82, 2.24) is 0 Å². The van der Waals surface area contributed by atoms with E-state index in [0.29, 0.717) is 12.5 Å². The van der Waals surface area contributed by atoms with Crippen molar-refractivity contribution in [2.24, 2.45) is 10.9 Å². The van der Waals surface area contributed by atoms with Gasteiger partial charge < -0.3 is 4.74 Å². The summed E-state index contributed by atoms with van der Waals surface area (Å²) in [7, 11) is 0. The van der Waals surface area contributed by atoms with Crippen LogP contribution >= 0.6 is 0 Å². The molecule has 0 aliphatic heterocycles. The predicted octanol–water partition coefficient (Wildman–Crippen LogP) is 0.869. The molecule has 54 valence electrons. The number of amides is 1. The van der Waals surface area contributed by atoms with Crippen LogP contribution in [0.2, 0.25) is 0 Å². The van der Waals surface area contributed by atoms with Crippen LogP contribution in [0.4, 0.5) is 4.79 Å². The van der Waals surface area contributed by atoms with E-state index in [1.165, 1.54) is 0 Å². The minimum Gasteiger partial charge on any atom is -0.447 e. The van der Waals surface area contributed by atoms with Gasteiger partial charge in [0.25, 0.3) is 0 Å². The van der Waals surface area contributed by atoms with Gasteiger partial charge in [-0.1, -0.05) is 4.99 Å². The molecule has 1 fully saturated rings. The van der Waals surface area contributed by atoms with E-state index in [4.69, 9.17) is 0 Å². The highest BCUT2D eigenvalue weighted by molar-refractivity contribution is 5.74. The number of carbonyl (C=O) groups is 1. The highest BCUT2D eigenvalue weighted by Gasteiger charge is 2.22. The van der Waals surface area contributed by atoms with Crippen molar-refractivity contribution in [3.8, 4) is 0 Å². The third-order valence-electron chi connectivity index (χ3n) is 1.28. The Morgan fingerprint density at radius 3 is 2.90 bits per heavy atom. The number of rotatable bonds is 2. The minimum atomic E-state index is -0.832. The minimum absolute atomic E-state index is 0.393. The van der Waals surface area contributed by atoms with Crippen molar-refractivity contribution in [1.29, 1.82) is 0 Å². The summed E-state index contributed by atoms with van der Waals surface area (Å²) in [4.78, 5) is 22.6. The summed E-state index contributed by atoms with van der Waals surface area (Å²) in [6.45, 7) is 0.393. The fourth-order valence-electron chi connectivity index (χ4n) is 0.543. The van der Waals surface area contributed by atoms with Crippen LogP contribution in [0.3, 0.4) is 0 Å². The number of isocyanates is 1. The molecule has 0 atom stereocenters. The fraction of sp³-hybridized carbons (Fsp3) is 0.667. The van der Waals surface area contributed by atoms with Gasteiger partial charge >= 0.3 is 6.09 Å². The monoisotopic (exact) mass is 141 g/mol. The smallest absolute Gasteiger partial charge is 0.444 e. The van der Waals surface area contributed by atoms with E-state index < -0.39 is 6.09 Å². The number of carbonyl (C=O) groups excluding carboxylic acids is 2. The van der Waals surface area contributed by atoms with Gasteiger partial charge in [-0.05, 0) is 18.8 Å². The fourth-order valence-corrected chi connectivity index (χ4v) is 0.543. The number of hydrogen-bond donors (Lipinski definition) is 0. The van der Waals surface area contributed by atoms with Crippen molar-refractivity contribution in [3.63, 3.8) is 0 Å². The zero-order valence-electron chi connectivity index (χ0n) is 5.37. The molecule has 0 radical (unpaired) electrons. The Kier molecular flexibility index (Phi) is 2.18. The van der Waals surface area contributed by atoms with Crippen molar-refractivity contribution in [3.05, 3.63) is 0 Å². The summed E-state index contributed by atoms with van der Waals surface area (Å²) in [5.41, 5.74) is 0. The molecule has 1 aliphatic rings. The maximum absolute atomic E-state index is 10.3. The molecule has 1 saturated carbocycles. The van der Waals surface area contributed by atoms with Gasteiger partial charge in [0.1, 0.15) is 0 Å². The molecule has 4 heteroatoms. The SMILES string of the molecule is O=C=NC(=O)OCC1CC1. The lowest BCUT2D eigenvalue weighted by molar-refractivity contribution is 0.152. The molecular formula is C6H7NO3. The second-order valence-corrected chi connectivity index (χ2v) is 2.22. The average Bonchev–Trinajstić information content (AvgIpc) is 2.67. The summed E-state index contributed by atoms with van der Waals surface area (Å²) < 4.78 is 4.54. The van der Waals surface area contributed by atoms with E-state index in [-0.39, 0.29) is 0 Å². The van der Waals surface area contributed by atoms with Gasteiger partial charge in [0.15, 0.2) is 0 Å². The van der Waals surface area contributed by atoms with Crippen molar-refractivity contribution < 1.29 is 14.3 Å². The van der Waals surface area contributed by atoms with E-state index in [1.54, 1.807) is 0 Å². The van der Waals surface area contributed by atoms with Gasteiger partial charge in [-0.15, -0.1) is 0 Å². The van der Waals surface area contributed by atoms with Crippen LogP contribution in [0.5, 0.6) is 0 Å². The van der Waals surface area contributed by atoms with Crippen LogP contribution in [-0.4, -0.2) is 18.8 Å². The third kappa shape index (κ3) is 2.42. The zero-order valence-corrected chi connectivity index (χ0v) is 5.37. The first kappa shape index (κ1) is 6.96. The standard InChI is InChI=1S/C6H7NO3/c8-4-7-6(9)10-3-5-1-2-5/h5H,1-3H2. The summed E-state index contributed by atoms with van der Waals surface area (Å²) in [6.07, 6.45) is 2.50. The lowest BCUT2D eigenvalue weighted by atomic mass is 10.5. The maximum atomic E-state index is 10.3. The Labute approximate surface area is 57.9 Å². The van der Waals surface area contributed by atoms with E-state index in [9.17, 15) is 9.59 Å². The van der Waals surface area contributed by atoms with Gasteiger partial charge in [0.2, 0.25) is 6.08 Å². The van der Waals surface area contributed by atoms with Crippen LogP contribution < -0.4 is 0 Å². The molecule has 1 aliphatic carbocycles. The maximum Gasteiger partial charge on any atom is 0.444 e. The zero-order chi connectivity index (χ0) is 7.40. The van der Waals surface area contributed by atoms with E-state index >= 15 is 0 Å². The van der Waals surface area contributed by atoms with E-state index in [0.717, 1.165) is 18.9 Å². The second kappa shape index (κ2) is 3.13. The highest BCUT2D eigenvalue weighted by atomic mass is 16.5. The summed E-state index contributed by atoms with van der Waals surface area (Å²) in [6, 6.07) is 0. The van der Waals surface area contributed by atoms with Gasteiger partial charge in [0.05, 0.1) is 6.61 Å². The first-order valence-electron chi connectivity index (χ1n) is 3.07. The number of hydrogen-bond acceptors (Lipinski definition) is 3. The van der Waals surface area contributed by atoms with Gasteiger partial charge in [-0.2, -0.15) is 0 Å². The topological polar surface area (TPSA) is 55.7 Å². The second-order valence-electron chi connectivity index (χ2n) is 2.22. The summed E-state index contributed by atoms with van der Waals surface area (Å²) in [5.74, 6) is 0.505. The normalized spacial score (nSPS) is 15.6. The quantitative estimate of drug-likeness (QED) is 0.423. The average molecular weight is 141 g/mol. The van der Waals surface area contributed by atoms with Crippen LogP contribution in [0.15, 0.2) is 4.99 Å². The summed E-state index contributed by atoms with van der Waals surface area (Å²) in [5, 5.41) is 0. The number of ether oxygens (including phenoxy) is 1. The predicted molar refractivity (Wildman–Crippen MR) is 32.2 cm³/mol. The molecule has 0 spiro atoms. The van der Waals surface area contributed by atoms with Crippen LogP contribution in [0.1, 0.15) is 12.8 Å². The van der Waals surface area contributed by atoms with Gasteiger partial charge in [0, 0.05) is 0 Å². The van der Waals surface area contributed by atoms with E-state index in [2.05, 4.69) is 9.73 Å². The van der Waals surface area contributed by atoms with Crippen LogP contribution in [0.25, 0.3) is 0 Å². The summed E-state index contributed by atoms with van der Waals surface area (Å²) >= 11 is 0. The van der Waals surface area contributed by atoms with Crippen LogP contribution in [-0.2, 0) is 9.53 Å². The lowest BCUT2D eigenvalue weighted by Gasteiger charge is -1.94. The first-order valence-corrected chi connectivity index (χ1v) is 3.07. The molecule has 10 heavy (non-hydrogen) atoms.